The van der Waals surface area contributed by atoms with E-state index in [1.807, 2.05) is 18.2 Å². The van der Waals surface area contributed by atoms with Crippen molar-refractivity contribution in [1.82, 2.24) is 5.43 Å². The largest absolute Gasteiger partial charge is 0.273 e. The van der Waals surface area contributed by atoms with E-state index in [0.29, 0.717) is 6.42 Å². The van der Waals surface area contributed by atoms with Gasteiger partial charge in [-0.1, -0.05) is 48.5 Å². The van der Waals surface area contributed by atoms with Crippen molar-refractivity contribution in [1.29, 1.82) is 0 Å². The van der Waals surface area contributed by atoms with Gasteiger partial charge in [0.15, 0.2) is 0 Å². The molecule has 0 radical (unpaired) electrons. The molecule has 0 heterocycles. The number of carbonyl (C=O) groups is 1. The molecule has 4 rings (SSSR count). The number of hydrogen-bond donors (Lipinski definition) is 1. The highest BCUT2D eigenvalue weighted by Crippen LogP contribution is 2.32. The highest BCUT2D eigenvalue weighted by atomic mass is 32.2. The van der Waals surface area contributed by atoms with Gasteiger partial charge >= 0.3 is 0 Å². The van der Waals surface area contributed by atoms with Crippen LogP contribution in [0.2, 0.25) is 0 Å². The normalized spacial score (nSPS) is 12.8. The summed E-state index contributed by atoms with van der Waals surface area (Å²) in [6.07, 6.45) is 4.43. The molecule has 26 heavy (non-hydrogen) atoms. The standard InChI is InChI=1S/C22H20N2OS/c25-21(13-14-26-19-6-2-1-3-7-19)24-23-15-18-12-11-17-10-9-16-5-4-8-20(18)22(16)17/h1-8,11-12,15H,9-10,13-14H2,(H,24,25)/b23-15-. The molecule has 1 aliphatic rings. The Morgan fingerprint density at radius 3 is 2.65 bits per heavy atom. The number of benzene rings is 3. The van der Waals surface area contributed by atoms with E-state index in [1.165, 1.54) is 26.8 Å². The van der Waals surface area contributed by atoms with E-state index in [1.54, 1.807) is 18.0 Å². The first-order valence-corrected chi connectivity index (χ1v) is 9.83. The number of hydrazone groups is 1. The molecule has 3 aromatic rings. The fourth-order valence-corrected chi connectivity index (χ4v) is 4.26. The SMILES string of the molecule is O=C(CCSc1ccccc1)N/N=C\c1ccc2c3c(cccc13)CC2. The first-order chi connectivity index (χ1) is 12.8. The third-order valence-electron chi connectivity index (χ3n) is 4.64. The minimum absolute atomic E-state index is 0.0596. The zero-order valence-corrected chi connectivity index (χ0v) is 15.3. The van der Waals surface area contributed by atoms with Crippen molar-refractivity contribution in [3.8, 4) is 0 Å². The van der Waals surface area contributed by atoms with Crippen LogP contribution in [-0.4, -0.2) is 17.9 Å². The zero-order valence-electron chi connectivity index (χ0n) is 14.4. The summed E-state index contributed by atoms with van der Waals surface area (Å²) in [5, 5.41) is 6.74. The van der Waals surface area contributed by atoms with Gasteiger partial charge in [0.05, 0.1) is 6.21 Å². The Bertz CT molecular complexity index is 956. The van der Waals surface area contributed by atoms with Crippen LogP contribution >= 0.6 is 11.8 Å². The summed E-state index contributed by atoms with van der Waals surface area (Å²) in [5.41, 5.74) is 6.52. The maximum Gasteiger partial charge on any atom is 0.240 e. The second-order valence-electron chi connectivity index (χ2n) is 6.36. The zero-order chi connectivity index (χ0) is 17.8. The van der Waals surface area contributed by atoms with Crippen molar-refractivity contribution in [2.45, 2.75) is 24.2 Å². The maximum atomic E-state index is 12.0. The third kappa shape index (κ3) is 3.65. The van der Waals surface area contributed by atoms with Gasteiger partial charge in [-0.05, 0) is 46.9 Å². The predicted molar refractivity (Wildman–Crippen MR) is 109 cm³/mol. The second kappa shape index (κ2) is 7.75. The summed E-state index contributed by atoms with van der Waals surface area (Å²) in [6, 6.07) is 20.8. The van der Waals surface area contributed by atoms with E-state index in [4.69, 9.17) is 0 Å². The Hall–Kier alpha value is -2.59. The second-order valence-corrected chi connectivity index (χ2v) is 7.53. The lowest BCUT2D eigenvalue weighted by Gasteiger charge is -2.05. The van der Waals surface area contributed by atoms with Crippen LogP contribution < -0.4 is 5.43 Å². The smallest absolute Gasteiger partial charge is 0.240 e. The molecule has 1 N–H and O–H groups in total. The van der Waals surface area contributed by atoms with Crippen molar-refractivity contribution in [2.24, 2.45) is 5.10 Å². The fourth-order valence-electron chi connectivity index (χ4n) is 3.39. The Morgan fingerprint density at radius 2 is 1.81 bits per heavy atom. The number of amides is 1. The van der Waals surface area contributed by atoms with Crippen LogP contribution in [0.15, 0.2) is 70.7 Å². The Balaban J connectivity index is 1.36. The van der Waals surface area contributed by atoms with E-state index in [0.717, 1.165) is 24.2 Å². The van der Waals surface area contributed by atoms with Gasteiger partial charge in [0.25, 0.3) is 0 Å². The lowest BCUT2D eigenvalue weighted by Crippen LogP contribution is -2.17. The van der Waals surface area contributed by atoms with E-state index in [9.17, 15) is 4.79 Å². The Morgan fingerprint density at radius 1 is 1.00 bits per heavy atom. The topological polar surface area (TPSA) is 41.5 Å². The lowest BCUT2D eigenvalue weighted by molar-refractivity contribution is -0.120. The molecule has 0 bridgehead atoms. The molecule has 0 unspecified atom stereocenters. The Labute approximate surface area is 157 Å². The molecule has 0 aliphatic heterocycles. The van der Waals surface area contributed by atoms with Crippen LogP contribution in [-0.2, 0) is 17.6 Å². The van der Waals surface area contributed by atoms with Crippen LogP contribution in [0.3, 0.4) is 0 Å². The quantitative estimate of drug-likeness (QED) is 0.397. The third-order valence-corrected chi connectivity index (χ3v) is 5.66. The van der Waals surface area contributed by atoms with Crippen LogP contribution in [0.25, 0.3) is 10.8 Å². The predicted octanol–water partition coefficient (Wildman–Crippen LogP) is 4.57. The maximum absolute atomic E-state index is 12.0. The summed E-state index contributed by atoms with van der Waals surface area (Å²) in [7, 11) is 0. The number of carbonyl (C=O) groups excluding carboxylic acids is 1. The van der Waals surface area contributed by atoms with E-state index >= 15 is 0 Å². The molecule has 0 saturated heterocycles. The van der Waals surface area contributed by atoms with Crippen molar-refractivity contribution in [3.05, 3.63) is 77.4 Å². The molecular formula is C22H20N2OS. The summed E-state index contributed by atoms with van der Waals surface area (Å²) >= 11 is 1.68. The average Bonchev–Trinajstić information content (AvgIpc) is 3.09. The van der Waals surface area contributed by atoms with Gasteiger partial charge in [0.1, 0.15) is 0 Å². The number of rotatable bonds is 6. The molecule has 0 aromatic heterocycles. The molecule has 130 valence electrons. The van der Waals surface area contributed by atoms with E-state index in [2.05, 4.69) is 53.0 Å². The summed E-state index contributed by atoms with van der Waals surface area (Å²) in [5.74, 6) is 0.683. The molecule has 0 saturated carbocycles. The minimum atomic E-state index is -0.0596. The highest BCUT2D eigenvalue weighted by molar-refractivity contribution is 7.99. The average molecular weight is 360 g/mol. The summed E-state index contributed by atoms with van der Waals surface area (Å²) in [6.45, 7) is 0. The van der Waals surface area contributed by atoms with Crippen molar-refractivity contribution >= 4 is 34.7 Å². The first-order valence-electron chi connectivity index (χ1n) is 8.84. The number of nitrogens with one attached hydrogen (secondary N) is 1. The summed E-state index contributed by atoms with van der Waals surface area (Å²) < 4.78 is 0. The van der Waals surface area contributed by atoms with Gasteiger partial charge in [0, 0.05) is 22.6 Å². The molecule has 0 atom stereocenters. The van der Waals surface area contributed by atoms with Gasteiger partial charge in [0.2, 0.25) is 5.91 Å². The molecule has 3 aromatic carbocycles. The molecule has 0 spiro atoms. The highest BCUT2D eigenvalue weighted by Gasteiger charge is 2.14. The number of nitrogens with zero attached hydrogens (tertiary/aromatic N) is 1. The molecule has 4 heteroatoms. The number of hydrogen-bond acceptors (Lipinski definition) is 3. The van der Waals surface area contributed by atoms with Gasteiger partial charge in [-0.3, -0.25) is 4.79 Å². The molecule has 0 fully saturated rings. The van der Waals surface area contributed by atoms with Gasteiger partial charge < -0.3 is 0 Å². The van der Waals surface area contributed by atoms with Gasteiger partial charge in [-0.15, -0.1) is 11.8 Å². The molecule has 1 amide bonds. The van der Waals surface area contributed by atoms with E-state index < -0.39 is 0 Å². The van der Waals surface area contributed by atoms with E-state index in [-0.39, 0.29) is 5.91 Å². The first kappa shape index (κ1) is 16.9. The Kier molecular flexibility index (Phi) is 5.02. The fraction of sp³-hybridized carbons (Fsp3) is 0.182. The van der Waals surface area contributed by atoms with Crippen LogP contribution in [0.5, 0.6) is 0 Å². The van der Waals surface area contributed by atoms with Gasteiger partial charge in [-0.25, -0.2) is 5.43 Å². The monoisotopic (exact) mass is 360 g/mol. The van der Waals surface area contributed by atoms with Crippen molar-refractivity contribution in [3.63, 3.8) is 0 Å². The lowest BCUT2D eigenvalue weighted by atomic mass is 10.0. The summed E-state index contributed by atoms with van der Waals surface area (Å²) in [4.78, 5) is 13.1. The van der Waals surface area contributed by atoms with Crippen LogP contribution in [0, 0.1) is 0 Å². The number of aryl methyl sites for hydroxylation is 2. The molecule has 3 nitrogen and oxygen atoms in total. The minimum Gasteiger partial charge on any atom is -0.273 e. The van der Waals surface area contributed by atoms with Crippen molar-refractivity contribution < 1.29 is 4.79 Å². The molecule has 1 aliphatic carbocycles. The number of thioether (sulfide) groups is 1. The van der Waals surface area contributed by atoms with Gasteiger partial charge in [-0.2, -0.15) is 5.10 Å². The van der Waals surface area contributed by atoms with Crippen LogP contribution in [0.1, 0.15) is 23.1 Å². The van der Waals surface area contributed by atoms with Crippen molar-refractivity contribution in [2.75, 3.05) is 5.75 Å². The molecular weight excluding hydrogens is 340 g/mol. The van der Waals surface area contributed by atoms with Crippen LogP contribution in [0.4, 0.5) is 0 Å².